The predicted octanol–water partition coefficient (Wildman–Crippen LogP) is 10.6. The van der Waals surface area contributed by atoms with Crippen LogP contribution in [0.2, 0.25) is 0 Å². The molecule has 3 saturated carbocycles. The van der Waals surface area contributed by atoms with Gasteiger partial charge in [-0.25, -0.2) is 0 Å². The summed E-state index contributed by atoms with van der Waals surface area (Å²) in [5.74, 6) is 2.42. The highest BCUT2D eigenvalue weighted by molar-refractivity contribution is 7.18. The van der Waals surface area contributed by atoms with Crippen molar-refractivity contribution in [3.63, 3.8) is 0 Å². The molecule has 3 fully saturated rings. The molecule has 2 amide bonds. The summed E-state index contributed by atoms with van der Waals surface area (Å²) in [4.78, 5) is 33.6. The van der Waals surface area contributed by atoms with Crippen molar-refractivity contribution in [3.05, 3.63) is 50.7 Å². The zero-order valence-corrected chi connectivity index (χ0v) is 31.9. The third-order valence-electron chi connectivity index (χ3n) is 11.9. The minimum absolute atomic E-state index is 0.0706. The van der Waals surface area contributed by atoms with Crippen LogP contribution in [0.1, 0.15) is 98.9 Å². The molecule has 2 atom stereocenters. The Morgan fingerprint density at radius 1 is 0.750 bits per heavy atom. The quantitative estimate of drug-likeness (QED) is 0.193. The van der Waals surface area contributed by atoms with Gasteiger partial charge in [0.25, 0.3) is 0 Å². The molecular weight excluding hydrogens is 679 g/mol. The lowest BCUT2D eigenvalue weighted by Crippen LogP contribution is -2.56. The van der Waals surface area contributed by atoms with Gasteiger partial charge in [-0.2, -0.15) is 0 Å². The number of nitrogens with zero attached hydrogens (tertiary/aromatic N) is 2. The Balaban J connectivity index is 1.09. The number of fused-ring (bicyclic) bond motifs is 9. The molecule has 4 aromatic rings. The van der Waals surface area contributed by atoms with Crippen molar-refractivity contribution in [3.8, 4) is 5.75 Å². The molecule has 9 heteroatoms. The van der Waals surface area contributed by atoms with Gasteiger partial charge in [0.1, 0.15) is 11.4 Å². The normalized spacial score (nSPS) is 26.5. The van der Waals surface area contributed by atoms with Crippen molar-refractivity contribution < 1.29 is 14.3 Å². The van der Waals surface area contributed by atoms with Crippen LogP contribution in [0.15, 0.2) is 22.9 Å². The van der Waals surface area contributed by atoms with Gasteiger partial charge in [-0.05, 0) is 125 Å². The highest BCUT2D eigenvalue weighted by Crippen LogP contribution is 2.61. The number of carbonyl (C=O) groups excluding carboxylic acids is 2. The molecule has 2 bridgehead atoms. The number of alkyl halides is 2. The summed E-state index contributed by atoms with van der Waals surface area (Å²) in [6.07, 6.45) is 4.45. The molecule has 2 aliphatic heterocycles. The molecule has 0 spiro atoms. The Morgan fingerprint density at radius 3 is 1.65 bits per heavy atom. The third kappa shape index (κ3) is 4.73. The molecule has 0 radical (unpaired) electrons. The Kier molecular flexibility index (Phi) is 7.77. The van der Waals surface area contributed by atoms with Gasteiger partial charge >= 0.3 is 0 Å². The maximum absolute atomic E-state index is 14.8. The van der Waals surface area contributed by atoms with Crippen molar-refractivity contribution in [2.45, 2.75) is 97.5 Å². The fourth-order valence-corrected chi connectivity index (χ4v) is 12.0. The Bertz CT molecular complexity index is 1980. The topological polar surface area (TPSA) is 49.9 Å². The van der Waals surface area contributed by atoms with E-state index in [4.69, 9.17) is 27.9 Å². The molecule has 9 rings (SSSR count). The van der Waals surface area contributed by atoms with Crippen LogP contribution in [-0.4, -0.2) is 42.3 Å². The van der Waals surface area contributed by atoms with Crippen molar-refractivity contribution in [2.75, 3.05) is 34.6 Å². The average Bonchev–Trinajstić information content (AvgIpc) is 3.83. The molecule has 4 heterocycles. The van der Waals surface area contributed by atoms with Crippen LogP contribution < -0.4 is 14.5 Å². The first-order valence-corrected chi connectivity index (χ1v) is 20.1. The van der Waals surface area contributed by atoms with E-state index in [0.717, 1.165) is 60.3 Å². The second-order valence-electron chi connectivity index (χ2n) is 16.0. The van der Waals surface area contributed by atoms with Gasteiger partial charge < -0.3 is 14.5 Å². The largest absolute Gasteiger partial charge is 0.487 e. The zero-order chi connectivity index (χ0) is 33.9. The number of thiophene rings is 2. The highest BCUT2D eigenvalue weighted by atomic mass is 35.5. The molecule has 2 aromatic carbocycles. The third-order valence-corrected chi connectivity index (χ3v) is 15.0. The minimum atomic E-state index is -0.456. The summed E-state index contributed by atoms with van der Waals surface area (Å²) in [5.41, 5.74) is 6.88. The Labute approximate surface area is 301 Å². The lowest BCUT2D eigenvalue weighted by Gasteiger charge is -2.53. The van der Waals surface area contributed by atoms with E-state index in [1.807, 2.05) is 4.90 Å². The van der Waals surface area contributed by atoms with Gasteiger partial charge in [0.2, 0.25) is 11.8 Å². The van der Waals surface area contributed by atoms with Crippen molar-refractivity contribution in [2.24, 2.45) is 10.8 Å². The summed E-state index contributed by atoms with van der Waals surface area (Å²) < 4.78 is 8.94. The maximum atomic E-state index is 14.8. The maximum Gasteiger partial charge on any atom is 0.233 e. The van der Waals surface area contributed by atoms with Gasteiger partial charge in [0, 0.05) is 74.7 Å². The second-order valence-corrected chi connectivity index (χ2v) is 18.4. The first kappa shape index (κ1) is 32.9. The second kappa shape index (κ2) is 11.3. The van der Waals surface area contributed by atoms with E-state index in [9.17, 15) is 9.59 Å². The van der Waals surface area contributed by atoms with E-state index >= 15 is 0 Å². The Hall–Kier alpha value is -2.32. The SMILES string of the molecule is Cc1cc2c(c3c(C)csc13)[C@H](CCl)CN2C(=O)C12CCC(C(=O)N3C[C@@H](CCl)c4c3cc(OC(C)(C)C)c3scc(C)c43)(CC1)CC2. The number of anilines is 2. The van der Waals surface area contributed by atoms with Gasteiger partial charge in [-0.1, -0.05) is 0 Å². The summed E-state index contributed by atoms with van der Waals surface area (Å²) in [5, 5.41) is 6.89. The number of carbonyl (C=O) groups is 2. The van der Waals surface area contributed by atoms with E-state index in [1.165, 1.54) is 43.3 Å². The van der Waals surface area contributed by atoms with E-state index in [1.54, 1.807) is 22.7 Å². The molecule has 0 saturated heterocycles. The zero-order valence-electron chi connectivity index (χ0n) is 28.7. The first-order valence-electron chi connectivity index (χ1n) is 17.3. The number of benzene rings is 2. The van der Waals surface area contributed by atoms with Gasteiger partial charge in [0.05, 0.1) is 10.4 Å². The molecular formula is C39H44Cl2N2O3S2. The predicted molar refractivity (Wildman–Crippen MR) is 202 cm³/mol. The number of hydrogen-bond acceptors (Lipinski definition) is 5. The van der Waals surface area contributed by atoms with Crippen LogP contribution >= 0.6 is 45.9 Å². The van der Waals surface area contributed by atoms with E-state index in [0.29, 0.717) is 24.8 Å². The number of hydrogen-bond donors (Lipinski definition) is 0. The highest BCUT2D eigenvalue weighted by Gasteiger charge is 2.58. The Morgan fingerprint density at radius 2 is 1.19 bits per heavy atom. The van der Waals surface area contributed by atoms with Crippen LogP contribution in [0.3, 0.4) is 0 Å². The molecule has 3 aliphatic carbocycles. The van der Waals surface area contributed by atoms with E-state index in [2.05, 4.69) is 69.3 Å². The average molecular weight is 724 g/mol. The lowest BCUT2D eigenvalue weighted by molar-refractivity contribution is -0.147. The summed E-state index contributed by atoms with van der Waals surface area (Å²) in [7, 11) is 0. The van der Waals surface area contributed by atoms with Crippen molar-refractivity contribution in [1.29, 1.82) is 0 Å². The lowest BCUT2D eigenvalue weighted by atomic mass is 9.53. The number of amides is 2. The number of aryl methyl sites for hydroxylation is 3. The summed E-state index contributed by atoms with van der Waals surface area (Å²) >= 11 is 16.7. The monoisotopic (exact) mass is 722 g/mol. The van der Waals surface area contributed by atoms with Crippen molar-refractivity contribution in [1.82, 2.24) is 0 Å². The standard InChI is InChI=1S/C39H44Cl2N2O3S2/c1-21-13-26-31(29-22(2)19-47-33(21)29)24(15-40)17-42(26)35(44)38-7-10-39(11-8-38,12-9-38)36(45)43-18-25(16-41)32-27(43)14-28(46-37(4,5)6)34-30(32)23(3)20-48-34/h13-14,19-20,24-25H,7-12,15-18H2,1-6H3/t24-,25-,38?,39?/m1/s1. The molecule has 0 unspecified atom stereocenters. The molecule has 2 aromatic heterocycles. The van der Waals surface area contributed by atoms with Crippen LogP contribution in [0.5, 0.6) is 5.75 Å². The van der Waals surface area contributed by atoms with E-state index < -0.39 is 10.8 Å². The molecule has 48 heavy (non-hydrogen) atoms. The van der Waals surface area contributed by atoms with Crippen LogP contribution in [0.25, 0.3) is 20.2 Å². The van der Waals surface area contributed by atoms with Gasteiger partial charge in [-0.15, -0.1) is 45.9 Å². The molecule has 5 nitrogen and oxygen atoms in total. The first-order chi connectivity index (χ1) is 22.8. The summed E-state index contributed by atoms with van der Waals surface area (Å²) in [6, 6.07) is 4.32. The van der Waals surface area contributed by atoms with Crippen molar-refractivity contribution >= 4 is 89.2 Å². The molecule has 0 N–H and O–H groups in total. The molecule has 254 valence electrons. The van der Waals surface area contributed by atoms with Crippen LogP contribution in [0.4, 0.5) is 11.4 Å². The number of ether oxygens (including phenoxy) is 1. The molecule has 5 aliphatic rings. The summed E-state index contributed by atoms with van der Waals surface area (Å²) in [6.45, 7) is 13.9. The minimum Gasteiger partial charge on any atom is -0.487 e. The number of rotatable bonds is 5. The number of halogens is 2. The van der Waals surface area contributed by atoms with Gasteiger partial charge in [-0.3, -0.25) is 9.59 Å². The van der Waals surface area contributed by atoms with Gasteiger partial charge in [0.15, 0.2) is 0 Å². The van der Waals surface area contributed by atoms with Crippen LogP contribution in [-0.2, 0) is 9.59 Å². The fraction of sp³-hybridized carbons (Fsp3) is 0.538. The van der Waals surface area contributed by atoms with Crippen LogP contribution in [0, 0.1) is 31.6 Å². The fourth-order valence-electron chi connectivity index (χ4n) is 9.44. The smallest absolute Gasteiger partial charge is 0.233 e. The van der Waals surface area contributed by atoms with E-state index in [-0.39, 0.29) is 29.3 Å².